The fourth-order valence-corrected chi connectivity index (χ4v) is 2.69. The molecule has 3 rings (SSSR count). The first kappa shape index (κ1) is 13.5. The molecule has 0 saturated carbocycles. The van der Waals surface area contributed by atoms with Crippen LogP contribution in [0.3, 0.4) is 0 Å². The number of hydrogen-bond donors (Lipinski definition) is 0. The molecule has 6 heteroatoms. The molecule has 0 spiro atoms. The summed E-state index contributed by atoms with van der Waals surface area (Å²) in [7, 11) is 0. The van der Waals surface area contributed by atoms with Crippen LogP contribution < -0.4 is 9.80 Å². The Kier molecular flexibility index (Phi) is 3.08. The Balaban J connectivity index is 1.97. The molecule has 1 atom stereocenters. The average molecular weight is 286 g/mol. The average Bonchev–Trinajstić information content (AvgIpc) is 2.90. The Morgan fingerprint density at radius 3 is 2.00 bits per heavy atom. The van der Waals surface area contributed by atoms with E-state index in [0.29, 0.717) is 11.4 Å². The summed E-state index contributed by atoms with van der Waals surface area (Å²) in [6, 6.07) is 6.42. The summed E-state index contributed by atoms with van der Waals surface area (Å²) in [6.07, 6.45) is 0.577. The van der Waals surface area contributed by atoms with Crippen LogP contribution in [-0.4, -0.2) is 23.6 Å². The molecule has 1 unspecified atom stereocenters. The van der Waals surface area contributed by atoms with Crippen LogP contribution in [-0.2, 0) is 19.2 Å². The number of rotatable bonds is 2. The lowest BCUT2D eigenvalue weighted by molar-refractivity contribution is -0.123. The number of amides is 4. The largest absolute Gasteiger partial charge is 0.274 e. The number of benzene rings is 1. The summed E-state index contributed by atoms with van der Waals surface area (Å²) in [5.74, 6) is -1.37. The zero-order valence-corrected chi connectivity index (χ0v) is 11.5. The first-order valence-corrected chi connectivity index (χ1v) is 6.81. The van der Waals surface area contributed by atoms with Crippen molar-refractivity contribution in [1.82, 2.24) is 0 Å². The van der Waals surface area contributed by atoms with Gasteiger partial charge < -0.3 is 0 Å². The van der Waals surface area contributed by atoms with E-state index in [1.807, 2.05) is 0 Å². The second-order valence-corrected chi connectivity index (χ2v) is 5.32. The van der Waals surface area contributed by atoms with Gasteiger partial charge >= 0.3 is 0 Å². The molecule has 0 aromatic heterocycles. The summed E-state index contributed by atoms with van der Waals surface area (Å²) in [5.41, 5.74) is 0.805. The number of anilines is 2. The number of imide groups is 2. The third-order valence-electron chi connectivity index (χ3n) is 3.77. The Labute approximate surface area is 121 Å². The van der Waals surface area contributed by atoms with Gasteiger partial charge in [0.15, 0.2) is 0 Å². The summed E-state index contributed by atoms with van der Waals surface area (Å²) in [4.78, 5) is 49.7. The second-order valence-electron chi connectivity index (χ2n) is 5.32. The van der Waals surface area contributed by atoms with Gasteiger partial charge in [-0.05, 0) is 18.2 Å². The van der Waals surface area contributed by atoms with Crippen LogP contribution in [0.5, 0.6) is 0 Å². The van der Waals surface area contributed by atoms with E-state index in [1.165, 1.54) is 6.07 Å². The van der Waals surface area contributed by atoms with Crippen molar-refractivity contribution in [3.05, 3.63) is 24.3 Å². The van der Waals surface area contributed by atoms with Crippen LogP contribution in [0.4, 0.5) is 11.4 Å². The third-order valence-corrected chi connectivity index (χ3v) is 3.77. The minimum absolute atomic E-state index is 0.185. The van der Waals surface area contributed by atoms with Crippen molar-refractivity contribution < 1.29 is 19.2 Å². The van der Waals surface area contributed by atoms with Crippen molar-refractivity contribution in [2.75, 3.05) is 9.80 Å². The number of carbonyl (C=O) groups is 4. The van der Waals surface area contributed by atoms with Gasteiger partial charge in [-0.1, -0.05) is 13.0 Å². The molecule has 2 fully saturated rings. The van der Waals surface area contributed by atoms with Crippen LogP contribution in [0, 0.1) is 5.92 Å². The maximum atomic E-state index is 12.0. The highest BCUT2D eigenvalue weighted by Crippen LogP contribution is 2.30. The lowest BCUT2D eigenvalue weighted by Gasteiger charge is -2.18. The first-order valence-electron chi connectivity index (χ1n) is 6.81. The molecule has 0 aliphatic carbocycles. The third kappa shape index (κ3) is 2.12. The summed E-state index contributed by atoms with van der Waals surface area (Å²) >= 11 is 0. The van der Waals surface area contributed by atoms with Gasteiger partial charge in [0, 0.05) is 25.2 Å². The highest BCUT2D eigenvalue weighted by molar-refractivity contribution is 6.22. The zero-order valence-electron chi connectivity index (χ0n) is 11.5. The lowest BCUT2D eigenvalue weighted by Crippen LogP contribution is -2.31. The van der Waals surface area contributed by atoms with E-state index in [1.54, 1.807) is 25.1 Å². The highest BCUT2D eigenvalue weighted by atomic mass is 16.2. The predicted octanol–water partition coefficient (Wildman–Crippen LogP) is 1.24. The summed E-state index contributed by atoms with van der Waals surface area (Å²) in [5, 5.41) is 0. The van der Waals surface area contributed by atoms with E-state index >= 15 is 0 Å². The van der Waals surface area contributed by atoms with Crippen molar-refractivity contribution >= 4 is 35.0 Å². The van der Waals surface area contributed by atoms with Gasteiger partial charge in [-0.2, -0.15) is 0 Å². The van der Waals surface area contributed by atoms with Gasteiger partial charge in [0.05, 0.1) is 11.4 Å². The van der Waals surface area contributed by atoms with Crippen LogP contribution in [0.1, 0.15) is 26.2 Å². The van der Waals surface area contributed by atoms with E-state index in [4.69, 9.17) is 0 Å². The van der Waals surface area contributed by atoms with Gasteiger partial charge in [-0.15, -0.1) is 0 Å². The van der Waals surface area contributed by atoms with Crippen molar-refractivity contribution in [2.45, 2.75) is 26.2 Å². The molecule has 1 aromatic carbocycles. The molecule has 0 bridgehead atoms. The molecule has 108 valence electrons. The maximum absolute atomic E-state index is 12.0. The summed E-state index contributed by atoms with van der Waals surface area (Å²) in [6.45, 7) is 1.71. The van der Waals surface area contributed by atoms with Crippen molar-refractivity contribution in [2.24, 2.45) is 5.92 Å². The van der Waals surface area contributed by atoms with E-state index in [2.05, 4.69) is 0 Å². The molecular formula is C15H14N2O4. The van der Waals surface area contributed by atoms with E-state index in [0.717, 1.165) is 9.80 Å². The van der Waals surface area contributed by atoms with Crippen LogP contribution in [0.2, 0.25) is 0 Å². The summed E-state index contributed by atoms with van der Waals surface area (Å²) < 4.78 is 0. The molecule has 1 aromatic rings. The molecule has 2 aliphatic rings. The maximum Gasteiger partial charge on any atom is 0.237 e. The fourth-order valence-electron chi connectivity index (χ4n) is 2.69. The van der Waals surface area contributed by atoms with Gasteiger partial charge in [0.2, 0.25) is 23.6 Å². The molecule has 2 aliphatic heterocycles. The SMILES string of the molecule is CC1CC(=O)N(c2cccc(N3C(=O)CCC3=O)c2)C1=O. The molecule has 2 saturated heterocycles. The Hall–Kier alpha value is -2.50. The molecule has 21 heavy (non-hydrogen) atoms. The fraction of sp³-hybridized carbons (Fsp3) is 0.333. The van der Waals surface area contributed by atoms with Gasteiger partial charge in [0.25, 0.3) is 0 Å². The second kappa shape index (κ2) is 4.80. The van der Waals surface area contributed by atoms with E-state index in [-0.39, 0.29) is 48.8 Å². The monoisotopic (exact) mass is 286 g/mol. The molecular weight excluding hydrogens is 272 g/mol. The molecule has 4 amide bonds. The van der Waals surface area contributed by atoms with Crippen molar-refractivity contribution in [3.8, 4) is 0 Å². The standard InChI is InChI=1S/C15H14N2O4/c1-9-7-14(20)17(15(9)21)11-4-2-3-10(8-11)16-12(18)5-6-13(16)19/h2-4,8-9H,5-7H2,1H3. The van der Waals surface area contributed by atoms with Crippen molar-refractivity contribution in [3.63, 3.8) is 0 Å². The van der Waals surface area contributed by atoms with E-state index < -0.39 is 0 Å². The normalized spacial score (nSPS) is 22.6. The number of nitrogens with zero attached hydrogens (tertiary/aromatic N) is 2. The molecule has 6 nitrogen and oxygen atoms in total. The van der Waals surface area contributed by atoms with Crippen LogP contribution in [0.25, 0.3) is 0 Å². The Morgan fingerprint density at radius 1 is 0.905 bits per heavy atom. The van der Waals surface area contributed by atoms with Crippen LogP contribution >= 0.6 is 0 Å². The Morgan fingerprint density at radius 2 is 1.48 bits per heavy atom. The lowest BCUT2D eigenvalue weighted by atomic mass is 10.1. The predicted molar refractivity (Wildman–Crippen MR) is 74.4 cm³/mol. The molecule has 0 radical (unpaired) electrons. The van der Waals surface area contributed by atoms with Gasteiger partial charge in [0.1, 0.15) is 0 Å². The van der Waals surface area contributed by atoms with Crippen LogP contribution in [0.15, 0.2) is 24.3 Å². The molecule has 0 N–H and O–H groups in total. The number of carbonyl (C=O) groups excluding carboxylic acids is 4. The highest BCUT2D eigenvalue weighted by Gasteiger charge is 2.37. The first-order chi connectivity index (χ1) is 9.99. The van der Waals surface area contributed by atoms with E-state index in [9.17, 15) is 19.2 Å². The van der Waals surface area contributed by atoms with Gasteiger partial charge in [-0.25, -0.2) is 0 Å². The minimum atomic E-state index is -0.337. The quantitative estimate of drug-likeness (QED) is 0.767. The minimum Gasteiger partial charge on any atom is -0.274 e. The van der Waals surface area contributed by atoms with Crippen molar-refractivity contribution in [1.29, 1.82) is 0 Å². The number of hydrogen-bond acceptors (Lipinski definition) is 4. The topological polar surface area (TPSA) is 74.8 Å². The van der Waals surface area contributed by atoms with Gasteiger partial charge in [-0.3, -0.25) is 29.0 Å². The zero-order chi connectivity index (χ0) is 15.1. The Bertz CT molecular complexity index is 651. The molecule has 2 heterocycles. The smallest absolute Gasteiger partial charge is 0.237 e.